The molecule has 0 fully saturated rings. The number of rotatable bonds is 6. The lowest BCUT2D eigenvalue weighted by atomic mass is 9.65. The maximum atomic E-state index is 3.55. The third-order valence-corrected chi connectivity index (χ3v) is 9.97. The van der Waals surface area contributed by atoms with Gasteiger partial charge in [0.15, 0.2) is 0 Å². The molecular formula is C25H35NSi. The van der Waals surface area contributed by atoms with Crippen LogP contribution in [0.2, 0.25) is 24.7 Å². The molecule has 2 aromatic rings. The second-order valence-corrected chi connectivity index (χ2v) is 14.8. The van der Waals surface area contributed by atoms with Gasteiger partial charge in [-0.15, -0.1) is 0 Å². The minimum absolute atomic E-state index is 0.301. The highest BCUT2D eigenvalue weighted by molar-refractivity contribution is 6.80. The molecule has 1 aliphatic rings. The van der Waals surface area contributed by atoms with Crippen LogP contribution < -0.4 is 5.32 Å². The zero-order chi connectivity index (χ0) is 19.8. The molecule has 0 saturated carbocycles. The van der Waals surface area contributed by atoms with Crippen LogP contribution in [0.25, 0.3) is 11.1 Å². The van der Waals surface area contributed by atoms with Crippen molar-refractivity contribution in [3.05, 3.63) is 71.3 Å². The van der Waals surface area contributed by atoms with E-state index < -0.39 is 8.07 Å². The summed E-state index contributed by atoms with van der Waals surface area (Å²) in [7, 11) is 0.664. The molecule has 0 amide bonds. The van der Waals surface area contributed by atoms with Crippen LogP contribution >= 0.6 is 0 Å². The van der Waals surface area contributed by atoms with Crippen LogP contribution in [-0.2, 0) is 0 Å². The largest absolute Gasteiger partial charge is 0.319 e. The van der Waals surface area contributed by atoms with Gasteiger partial charge in [0.25, 0.3) is 0 Å². The molecule has 0 bridgehead atoms. The number of nitrogens with one attached hydrogen (secondary N) is 1. The van der Waals surface area contributed by atoms with Gasteiger partial charge in [0.2, 0.25) is 0 Å². The molecule has 27 heavy (non-hydrogen) atoms. The highest BCUT2D eigenvalue weighted by Crippen LogP contribution is 2.65. The standard InChI is InChI=1S/C25H35NSi/c1-18(2)23-16-24(25(23,17-26-4)27(5,6)7)22-14-13-21(15-19(22)3)20-11-9-8-10-12-20/h8-16,18,24,26H,17H2,1-7H3/t24?,25-/m1/s1. The minimum Gasteiger partial charge on any atom is -0.319 e. The van der Waals surface area contributed by atoms with Gasteiger partial charge in [-0.1, -0.05) is 93.7 Å². The predicted octanol–water partition coefficient (Wildman–Crippen LogP) is 6.64. The molecule has 0 aromatic heterocycles. The van der Waals surface area contributed by atoms with Crippen molar-refractivity contribution in [2.75, 3.05) is 13.6 Å². The van der Waals surface area contributed by atoms with Crippen molar-refractivity contribution in [3.63, 3.8) is 0 Å². The Morgan fingerprint density at radius 1 is 1.00 bits per heavy atom. The second-order valence-electron chi connectivity index (χ2n) is 9.44. The van der Waals surface area contributed by atoms with Gasteiger partial charge in [-0.05, 0) is 42.1 Å². The molecule has 1 unspecified atom stereocenters. The molecule has 1 aliphatic carbocycles. The summed E-state index contributed by atoms with van der Waals surface area (Å²) in [6.07, 6.45) is 2.57. The summed E-state index contributed by atoms with van der Waals surface area (Å²) in [5.74, 6) is 1.14. The summed E-state index contributed by atoms with van der Waals surface area (Å²) in [6, 6.07) is 17.8. The van der Waals surface area contributed by atoms with Gasteiger partial charge < -0.3 is 5.32 Å². The van der Waals surface area contributed by atoms with Gasteiger partial charge in [0.05, 0.1) is 8.07 Å². The maximum Gasteiger partial charge on any atom is 0.0581 e. The van der Waals surface area contributed by atoms with Crippen molar-refractivity contribution < 1.29 is 0 Å². The molecule has 0 spiro atoms. The van der Waals surface area contributed by atoms with Crippen LogP contribution in [0.1, 0.15) is 30.9 Å². The Labute approximate surface area is 166 Å². The van der Waals surface area contributed by atoms with Gasteiger partial charge in [-0.25, -0.2) is 0 Å². The fourth-order valence-corrected chi connectivity index (χ4v) is 8.22. The number of hydrogen-bond donors (Lipinski definition) is 1. The molecule has 3 rings (SSSR count). The molecule has 0 aliphatic heterocycles. The van der Waals surface area contributed by atoms with Crippen LogP contribution in [0.3, 0.4) is 0 Å². The minimum atomic E-state index is -1.45. The highest BCUT2D eigenvalue weighted by atomic mass is 28.3. The normalized spacial score (nSPS) is 22.5. The molecule has 2 atom stereocenters. The Morgan fingerprint density at radius 2 is 1.67 bits per heavy atom. The monoisotopic (exact) mass is 377 g/mol. The smallest absolute Gasteiger partial charge is 0.0581 e. The molecule has 2 heteroatoms. The molecule has 0 radical (unpaired) electrons. The molecule has 2 aromatic carbocycles. The van der Waals surface area contributed by atoms with Crippen molar-refractivity contribution in [1.29, 1.82) is 0 Å². The summed E-state index contributed by atoms with van der Waals surface area (Å²) >= 11 is 0. The van der Waals surface area contributed by atoms with E-state index in [1.54, 1.807) is 5.57 Å². The van der Waals surface area contributed by atoms with E-state index in [9.17, 15) is 0 Å². The topological polar surface area (TPSA) is 12.0 Å². The van der Waals surface area contributed by atoms with E-state index in [4.69, 9.17) is 0 Å². The van der Waals surface area contributed by atoms with Crippen LogP contribution in [0.5, 0.6) is 0 Å². The van der Waals surface area contributed by atoms with Crippen LogP contribution in [0.15, 0.2) is 60.2 Å². The number of aryl methyl sites for hydroxylation is 1. The molecule has 144 valence electrons. The molecular weight excluding hydrogens is 342 g/mol. The molecule has 1 nitrogen and oxygen atoms in total. The average Bonchev–Trinajstić information content (AvgIpc) is 2.59. The lowest BCUT2D eigenvalue weighted by molar-refractivity contribution is 0.424. The molecule has 1 N–H and O–H groups in total. The van der Waals surface area contributed by atoms with Crippen molar-refractivity contribution in [2.24, 2.45) is 5.92 Å². The first-order valence-electron chi connectivity index (χ1n) is 10.2. The number of allylic oxidation sites excluding steroid dienone is 1. The van der Waals surface area contributed by atoms with Gasteiger partial charge in [-0.3, -0.25) is 0 Å². The quantitative estimate of drug-likeness (QED) is 0.439. The van der Waals surface area contributed by atoms with E-state index in [-0.39, 0.29) is 0 Å². The summed E-state index contributed by atoms with van der Waals surface area (Å²) < 4.78 is 0. The lowest BCUT2D eigenvalue weighted by Gasteiger charge is -2.58. The zero-order valence-corrected chi connectivity index (χ0v) is 19.1. The van der Waals surface area contributed by atoms with Gasteiger partial charge in [0.1, 0.15) is 0 Å². The summed E-state index contributed by atoms with van der Waals surface area (Å²) in [5.41, 5.74) is 7.21. The third-order valence-electron chi connectivity index (χ3n) is 6.52. The fourth-order valence-electron chi connectivity index (χ4n) is 5.11. The van der Waals surface area contributed by atoms with Gasteiger partial charge in [-0.2, -0.15) is 0 Å². The predicted molar refractivity (Wildman–Crippen MR) is 122 cm³/mol. The van der Waals surface area contributed by atoms with Crippen LogP contribution in [0, 0.1) is 12.8 Å². The molecule has 0 saturated heterocycles. The summed E-state index contributed by atoms with van der Waals surface area (Å²) in [5, 5.41) is 3.85. The second kappa shape index (κ2) is 7.41. The lowest BCUT2D eigenvalue weighted by Crippen LogP contribution is -2.55. The first-order chi connectivity index (χ1) is 12.7. The van der Waals surface area contributed by atoms with E-state index in [2.05, 4.69) is 107 Å². The van der Waals surface area contributed by atoms with E-state index in [1.165, 1.54) is 22.3 Å². The van der Waals surface area contributed by atoms with Crippen LogP contribution in [0.4, 0.5) is 0 Å². The Hall–Kier alpha value is -1.64. The van der Waals surface area contributed by atoms with Crippen molar-refractivity contribution in [2.45, 2.75) is 51.4 Å². The van der Waals surface area contributed by atoms with E-state index >= 15 is 0 Å². The first kappa shape index (κ1) is 20.1. The van der Waals surface area contributed by atoms with E-state index in [0.717, 1.165) is 6.54 Å². The summed E-state index contributed by atoms with van der Waals surface area (Å²) in [4.78, 5) is 0. The van der Waals surface area contributed by atoms with Crippen molar-refractivity contribution >= 4 is 8.07 Å². The van der Waals surface area contributed by atoms with E-state index in [1.807, 2.05) is 0 Å². The Morgan fingerprint density at radius 3 is 2.19 bits per heavy atom. The highest BCUT2D eigenvalue weighted by Gasteiger charge is 2.56. The average molecular weight is 378 g/mol. The van der Waals surface area contributed by atoms with Gasteiger partial charge >= 0.3 is 0 Å². The number of hydrogen-bond acceptors (Lipinski definition) is 1. The first-order valence-corrected chi connectivity index (χ1v) is 13.7. The third kappa shape index (κ3) is 3.34. The van der Waals surface area contributed by atoms with E-state index in [0.29, 0.717) is 16.9 Å². The maximum absolute atomic E-state index is 3.55. The summed E-state index contributed by atoms with van der Waals surface area (Å²) in [6.45, 7) is 15.7. The zero-order valence-electron chi connectivity index (χ0n) is 18.1. The Kier molecular flexibility index (Phi) is 5.51. The van der Waals surface area contributed by atoms with Gasteiger partial charge in [0, 0.05) is 17.5 Å². The van der Waals surface area contributed by atoms with Crippen molar-refractivity contribution in [3.8, 4) is 11.1 Å². The number of benzene rings is 2. The van der Waals surface area contributed by atoms with Crippen molar-refractivity contribution in [1.82, 2.24) is 5.32 Å². The molecule has 0 heterocycles. The van der Waals surface area contributed by atoms with Crippen LogP contribution in [-0.4, -0.2) is 21.7 Å². The fraction of sp³-hybridized carbons (Fsp3) is 0.440. The Balaban J connectivity index is 2.07. The SMILES string of the molecule is CNC[C@@]1([Si](C)(C)C)C(C(C)C)=CC1c1ccc(-c2ccccc2)cc1C. The Bertz CT molecular complexity index is 829.